The van der Waals surface area contributed by atoms with Crippen molar-refractivity contribution in [3.8, 4) is 5.75 Å². The van der Waals surface area contributed by atoms with Crippen molar-refractivity contribution in [1.29, 1.82) is 0 Å². The predicted molar refractivity (Wildman–Crippen MR) is 80.0 cm³/mol. The monoisotopic (exact) mass is 277 g/mol. The summed E-state index contributed by atoms with van der Waals surface area (Å²) in [4.78, 5) is 15.7. The molecule has 1 fully saturated rings. The number of benzene rings is 1. The van der Waals surface area contributed by atoms with Gasteiger partial charge in [-0.1, -0.05) is 6.07 Å². The molecule has 0 radical (unpaired) electrons. The van der Waals surface area contributed by atoms with Gasteiger partial charge >= 0.3 is 0 Å². The van der Waals surface area contributed by atoms with Crippen LogP contribution in [0, 0.1) is 0 Å². The lowest BCUT2D eigenvalue weighted by Gasteiger charge is -2.26. The van der Waals surface area contributed by atoms with Crippen LogP contribution in [0.4, 0.5) is 5.69 Å². The first-order valence-electron chi connectivity index (χ1n) is 7.03. The van der Waals surface area contributed by atoms with Crippen LogP contribution in [0.1, 0.15) is 18.9 Å². The van der Waals surface area contributed by atoms with E-state index in [9.17, 15) is 4.79 Å². The second-order valence-electron chi connectivity index (χ2n) is 5.05. The number of amides is 1. The van der Waals surface area contributed by atoms with Gasteiger partial charge in [-0.05, 0) is 18.1 Å². The lowest BCUT2D eigenvalue weighted by atomic mass is 10.1. The maximum atomic E-state index is 11.5. The Morgan fingerprint density at radius 3 is 2.75 bits per heavy atom. The summed E-state index contributed by atoms with van der Waals surface area (Å²) < 4.78 is 5.30. The molecule has 1 heterocycles. The minimum Gasteiger partial charge on any atom is -0.497 e. The second-order valence-corrected chi connectivity index (χ2v) is 5.05. The van der Waals surface area contributed by atoms with Crippen molar-refractivity contribution in [3.63, 3.8) is 0 Å². The molecule has 2 N–H and O–H groups in total. The van der Waals surface area contributed by atoms with Crippen molar-refractivity contribution in [1.82, 2.24) is 4.90 Å². The molecule has 0 aliphatic carbocycles. The molecule has 0 atom stereocenters. The summed E-state index contributed by atoms with van der Waals surface area (Å²) in [5.74, 6) is 0.987. The summed E-state index contributed by atoms with van der Waals surface area (Å²) in [5.41, 5.74) is 8.07. The molecule has 0 unspecified atom stereocenters. The molecule has 1 amide bonds. The maximum absolute atomic E-state index is 11.5. The highest BCUT2D eigenvalue weighted by Crippen LogP contribution is 2.27. The van der Waals surface area contributed by atoms with Crippen LogP contribution >= 0.6 is 0 Å². The Morgan fingerprint density at radius 2 is 2.10 bits per heavy atom. The van der Waals surface area contributed by atoms with E-state index >= 15 is 0 Å². The van der Waals surface area contributed by atoms with Crippen molar-refractivity contribution in [3.05, 3.63) is 23.8 Å². The Bertz CT molecular complexity index is 476. The van der Waals surface area contributed by atoms with E-state index in [1.165, 1.54) is 0 Å². The van der Waals surface area contributed by atoms with Crippen LogP contribution < -0.4 is 15.4 Å². The minimum absolute atomic E-state index is 0.150. The normalized spacial score (nSPS) is 15.9. The molecule has 5 heteroatoms. The topological polar surface area (TPSA) is 58.8 Å². The van der Waals surface area contributed by atoms with E-state index in [1.807, 2.05) is 23.1 Å². The molecule has 5 nitrogen and oxygen atoms in total. The quantitative estimate of drug-likeness (QED) is 0.902. The van der Waals surface area contributed by atoms with Crippen LogP contribution in [-0.2, 0) is 11.3 Å². The van der Waals surface area contributed by atoms with Gasteiger partial charge in [-0.15, -0.1) is 0 Å². The van der Waals surface area contributed by atoms with Crippen LogP contribution in [-0.4, -0.2) is 44.1 Å². The smallest absolute Gasteiger partial charge is 0.219 e. The van der Waals surface area contributed by atoms with Gasteiger partial charge in [-0.2, -0.15) is 0 Å². The van der Waals surface area contributed by atoms with Crippen molar-refractivity contribution in [2.24, 2.45) is 5.73 Å². The molecule has 1 aliphatic heterocycles. The number of ether oxygens (including phenoxy) is 1. The molecule has 1 saturated heterocycles. The van der Waals surface area contributed by atoms with Gasteiger partial charge < -0.3 is 20.3 Å². The summed E-state index contributed by atoms with van der Waals surface area (Å²) in [6, 6.07) is 5.98. The average molecular weight is 277 g/mol. The fraction of sp³-hybridized carbons (Fsp3) is 0.533. The van der Waals surface area contributed by atoms with Gasteiger partial charge in [0.15, 0.2) is 0 Å². The van der Waals surface area contributed by atoms with Crippen LogP contribution in [0.3, 0.4) is 0 Å². The Kier molecular flexibility index (Phi) is 4.84. The average Bonchev–Trinajstić information content (AvgIpc) is 2.72. The summed E-state index contributed by atoms with van der Waals surface area (Å²) in [7, 11) is 1.67. The SMILES string of the molecule is COc1ccc(CN)c(N2CCCN(C(C)=O)CC2)c1. The summed E-state index contributed by atoms with van der Waals surface area (Å²) >= 11 is 0. The molecule has 0 aromatic heterocycles. The second kappa shape index (κ2) is 6.61. The molecule has 20 heavy (non-hydrogen) atoms. The van der Waals surface area contributed by atoms with E-state index in [0.717, 1.165) is 49.6 Å². The lowest BCUT2D eigenvalue weighted by Crippen LogP contribution is -2.34. The molecule has 0 bridgehead atoms. The number of carbonyl (C=O) groups is 1. The van der Waals surface area contributed by atoms with E-state index in [1.54, 1.807) is 14.0 Å². The predicted octanol–water partition coefficient (Wildman–Crippen LogP) is 1.21. The van der Waals surface area contributed by atoms with Crippen LogP contribution in [0.2, 0.25) is 0 Å². The minimum atomic E-state index is 0.150. The Hall–Kier alpha value is -1.75. The summed E-state index contributed by atoms with van der Waals surface area (Å²) in [6.45, 7) is 5.49. The number of methoxy groups -OCH3 is 1. The number of hydrogen-bond donors (Lipinski definition) is 1. The fourth-order valence-corrected chi connectivity index (χ4v) is 2.61. The highest BCUT2D eigenvalue weighted by atomic mass is 16.5. The highest BCUT2D eigenvalue weighted by Gasteiger charge is 2.18. The Labute approximate surface area is 120 Å². The van der Waals surface area contributed by atoms with E-state index in [-0.39, 0.29) is 5.91 Å². The number of nitrogens with zero attached hydrogens (tertiary/aromatic N) is 2. The number of carbonyl (C=O) groups excluding carboxylic acids is 1. The van der Waals surface area contributed by atoms with Gasteiger partial charge in [0, 0.05) is 51.4 Å². The zero-order valence-electron chi connectivity index (χ0n) is 12.3. The van der Waals surface area contributed by atoms with Gasteiger partial charge in [0.2, 0.25) is 5.91 Å². The van der Waals surface area contributed by atoms with Gasteiger partial charge in [-0.25, -0.2) is 0 Å². The van der Waals surface area contributed by atoms with E-state index in [4.69, 9.17) is 10.5 Å². The largest absolute Gasteiger partial charge is 0.497 e. The molecular formula is C15H23N3O2. The zero-order valence-corrected chi connectivity index (χ0v) is 12.3. The first kappa shape index (κ1) is 14.7. The van der Waals surface area contributed by atoms with Crippen LogP contribution in [0.5, 0.6) is 5.75 Å². The number of hydrogen-bond acceptors (Lipinski definition) is 4. The molecule has 1 aromatic rings. The lowest BCUT2D eigenvalue weighted by molar-refractivity contribution is -0.128. The highest BCUT2D eigenvalue weighted by molar-refractivity contribution is 5.73. The summed E-state index contributed by atoms with van der Waals surface area (Å²) in [6.07, 6.45) is 0.973. The molecule has 1 aliphatic rings. The maximum Gasteiger partial charge on any atom is 0.219 e. The van der Waals surface area contributed by atoms with Gasteiger partial charge in [0.1, 0.15) is 5.75 Å². The van der Waals surface area contributed by atoms with Crippen molar-refractivity contribution >= 4 is 11.6 Å². The number of nitrogens with two attached hydrogens (primary N) is 1. The molecule has 1 aromatic carbocycles. The third-order valence-electron chi connectivity index (χ3n) is 3.79. The molecule has 2 rings (SSSR count). The van der Waals surface area contributed by atoms with E-state index in [2.05, 4.69) is 4.90 Å². The van der Waals surface area contributed by atoms with E-state index in [0.29, 0.717) is 6.54 Å². The molecular weight excluding hydrogens is 254 g/mol. The number of anilines is 1. The van der Waals surface area contributed by atoms with Crippen LogP contribution in [0.25, 0.3) is 0 Å². The third kappa shape index (κ3) is 3.22. The fourth-order valence-electron chi connectivity index (χ4n) is 2.61. The Morgan fingerprint density at radius 1 is 1.30 bits per heavy atom. The first-order chi connectivity index (χ1) is 9.65. The summed E-state index contributed by atoms with van der Waals surface area (Å²) in [5, 5.41) is 0. The standard InChI is InChI=1S/C15H23N3O2/c1-12(19)17-6-3-7-18(9-8-17)15-10-14(20-2)5-4-13(15)11-16/h4-5,10H,3,6-9,11,16H2,1-2H3. The van der Waals surface area contributed by atoms with Crippen molar-refractivity contribution < 1.29 is 9.53 Å². The van der Waals surface area contributed by atoms with Crippen molar-refractivity contribution in [2.45, 2.75) is 19.9 Å². The van der Waals surface area contributed by atoms with Gasteiger partial charge in [0.05, 0.1) is 7.11 Å². The van der Waals surface area contributed by atoms with Gasteiger partial charge in [-0.3, -0.25) is 4.79 Å². The number of rotatable bonds is 3. The van der Waals surface area contributed by atoms with Crippen molar-refractivity contribution in [2.75, 3.05) is 38.2 Å². The van der Waals surface area contributed by atoms with Crippen LogP contribution in [0.15, 0.2) is 18.2 Å². The molecule has 0 spiro atoms. The molecule has 0 saturated carbocycles. The Balaban J connectivity index is 2.20. The zero-order chi connectivity index (χ0) is 14.5. The molecule has 110 valence electrons. The van der Waals surface area contributed by atoms with E-state index < -0.39 is 0 Å². The third-order valence-corrected chi connectivity index (χ3v) is 3.79. The van der Waals surface area contributed by atoms with Gasteiger partial charge in [0.25, 0.3) is 0 Å². The first-order valence-corrected chi connectivity index (χ1v) is 7.03.